The van der Waals surface area contributed by atoms with E-state index in [0.29, 0.717) is 36.3 Å². The van der Waals surface area contributed by atoms with Crippen LogP contribution in [0.5, 0.6) is 5.75 Å². The van der Waals surface area contributed by atoms with Crippen molar-refractivity contribution in [2.75, 3.05) is 20.3 Å². The number of rotatable bonds is 6. The molecule has 0 amide bonds. The van der Waals surface area contributed by atoms with Crippen LogP contribution in [-0.2, 0) is 17.6 Å². The molecule has 1 aromatic heterocycles. The van der Waals surface area contributed by atoms with E-state index in [-0.39, 0.29) is 11.5 Å². The van der Waals surface area contributed by atoms with Gasteiger partial charge in [0.2, 0.25) is 0 Å². The van der Waals surface area contributed by atoms with Gasteiger partial charge in [0.05, 0.1) is 17.3 Å². The molecule has 26 heavy (non-hydrogen) atoms. The van der Waals surface area contributed by atoms with Gasteiger partial charge < -0.3 is 14.0 Å². The fraction of sp³-hybridized carbons (Fsp3) is 0.429. The van der Waals surface area contributed by atoms with E-state index in [9.17, 15) is 4.79 Å². The Morgan fingerprint density at radius 3 is 2.73 bits per heavy atom. The summed E-state index contributed by atoms with van der Waals surface area (Å²) in [6.07, 6.45) is 3.33. The van der Waals surface area contributed by atoms with Gasteiger partial charge >= 0.3 is 0 Å². The van der Waals surface area contributed by atoms with Gasteiger partial charge in [-0.15, -0.1) is 0 Å². The van der Waals surface area contributed by atoms with Gasteiger partial charge in [0.1, 0.15) is 12.4 Å². The molecule has 0 saturated carbocycles. The third kappa shape index (κ3) is 3.53. The molecule has 0 aliphatic carbocycles. The number of pyridine rings is 1. The largest absolute Gasteiger partial charge is 0.490 e. The smallest absolute Gasteiger partial charge is 0.185 e. The summed E-state index contributed by atoms with van der Waals surface area (Å²) in [7, 11) is 1.64. The lowest BCUT2D eigenvalue weighted by Gasteiger charge is -2.34. The third-order valence-corrected chi connectivity index (χ3v) is 5.26. The quantitative estimate of drug-likeness (QED) is 0.707. The van der Waals surface area contributed by atoms with Crippen LogP contribution in [0.1, 0.15) is 31.0 Å². The van der Waals surface area contributed by atoms with Crippen LogP contribution >= 0.6 is 11.6 Å². The molecule has 0 saturated heterocycles. The molecule has 0 fully saturated rings. The molecule has 1 aliphatic rings. The Hall–Kier alpha value is -1.78. The lowest BCUT2D eigenvalue weighted by atomic mass is 9.87. The molecule has 1 atom stereocenters. The first-order chi connectivity index (χ1) is 12.5. The summed E-state index contributed by atoms with van der Waals surface area (Å²) in [5.74, 6) is 1.09. The number of methoxy groups -OCH3 is 1. The number of ether oxygens (including phenoxy) is 2. The molecule has 3 rings (SSSR count). The van der Waals surface area contributed by atoms with Crippen LogP contribution in [0, 0.1) is 12.8 Å². The van der Waals surface area contributed by atoms with Gasteiger partial charge in [-0.3, -0.25) is 4.79 Å². The van der Waals surface area contributed by atoms with Crippen molar-refractivity contribution >= 4 is 11.6 Å². The van der Waals surface area contributed by atoms with Crippen molar-refractivity contribution in [3.63, 3.8) is 0 Å². The SMILES string of the molecule is [CH2]Cc1cn2c(cc1=O)-c1cc(Cl)c(OCCOC)cc1CC2C(C)C. The molecular formula is C21H25ClNO3. The van der Waals surface area contributed by atoms with Crippen molar-refractivity contribution in [3.05, 3.63) is 57.7 Å². The van der Waals surface area contributed by atoms with E-state index in [1.165, 1.54) is 0 Å². The van der Waals surface area contributed by atoms with Crippen LogP contribution < -0.4 is 10.2 Å². The van der Waals surface area contributed by atoms with Gasteiger partial charge in [0.15, 0.2) is 5.43 Å². The lowest BCUT2D eigenvalue weighted by Crippen LogP contribution is -2.27. The number of hydrogen-bond donors (Lipinski definition) is 0. The summed E-state index contributed by atoms with van der Waals surface area (Å²) in [5, 5.41) is 0.545. The summed E-state index contributed by atoms with van der Waals surface area (Å²) in [6.45, 7) is 9.24. The van der Waals surface area contributed by atoms with Crippen LogP contribution in [0.2, 0.25) is 5.02 Å². The van der Waals surface area contributed by atoms with Gasteiger partial charge in [0, 0.05) is 36.5 Å². The number of hydrogen-bond acceptors (Lipinski definition) is 3. The molecule has 5 heteroatoms. The summed E-state index contributed by atoms with van der Waals surface area (Å²) in [5.41, 5.74) is 3.84. The maximum atomic E-state index is 12.4. The molecule has 0 spiro atoms. The van der Waals surface area contributed by atoms with Crippen LogP contribution in [0.3, 0.4) is 0 Å². The van der Waals surface area contributed by atoms with Crippen molar-refractivity contribution in [2.24, 2.45) is 5.92 Å². The van der Waals surface area contributed by atoms with E-state index in [4.69, 9.17) is 21.1 Å². The van der Waals surface area contributed by atoms with E-state index in [0.717, 1.165) is 28.8 Å². The minimum absolute atomic E-state index is 0.0261. The topological polar surface area (TPSA) is 40.5 Å². The van der Waals surface area contributed by atoms with E-state index < -0.39 is 0 Å². The molecule has 1 aromatic carbocycles. The molecule has 0 N–H and O–H groups in total. The van der Waals surface area contributed by atoms with Crippen molar-refractivity contribution in [1.82, 2.24) is 4.57 Å². The highest BCUT2D eigenvalue weighted by atomic mass is 35.5. The highest BCUT2D eigenvalue weighted by Crippen LogP contribution is 2.41. The number of benzene rings is 1. The molecule has 2 aromatic rings. The van der Waals surface area contributed by atoms with Crippen molar-refractivity contribution in [1.29, 1.82) is 0 Å². The zero-order valence-corrected chi connectivity index (χ0v) is 16.3. The first kappa shape index (κ1) is 19.0. The zero-order valence-electron chi connectivity index (χ0n) is 15.5. The van der Waals surface area contributed by atoms with Crippen LogP contribution in [0.25, 0.3) is 11.3 Å². The molecule has 1 aliphatic heterocycles. The van der Waals surface area contributed by atoms with Crippen molar-refractivity contribution in [3.8, 4) is 17.0 Å². The number of aromatic nitrogens is 1. The summed E-state index contributed by atoms with van der Waals surface area (Å²) in [4.78, 5) is 12.4. The van der Waals surface area contributed by atoms with E-state index >= 15 is 0 Å². The highest BCUT2D eigenvalue weighted by Gasteiger charge is 2.27. The first-order valence-electron chi connectivity index (χ1n) is 8.95. The average Bonchev–Trinajstić information content (AvgIpc) is 2.61. The van der Waals surface area contributed by atoms with Gasteiger partial charge in [-0.25, -0.2) is 0 Å². The average molecular weight is 375 g/mol. The Labute approximate surface area is 159 Å². The maximum Gasteiger partial charge on any atom is 0.185 e. The molecule has 1 radical (unpaired) electrons. The molecule has 2 heterocycles. The summed E-state index contributed by atoms with van der Waals surface area (Å²) in [6, 6.07) is 5.91. The predicted molar refractivity (Wildman–Crippen MR) is 105 cm³/mol. The Kier molecular flexibility index (Phi) is 5.73. The first-order valence-corrected chi connectivity index (χ1v) is 9.32. The van der Waals surface area contributed by atoms with Crippen molar-refractivity contribution < 1.29 is 9.47 Å². The second-order valence-corrected chi connectivity index (χ2v) is 7.41. The Balaban J connectivity index is 2.11. The molecule has 139 valence electrons. The van der Waals surface area contributed by atoms with Gasteiger partial charge in [-0.2, -0.15) is 0 Å². The fourth-order valence-electron chi connectivity index (χ4n) is 3.50. The standard InChI is InChI=1S/C21H25ClNO3/c1-5-14-12-23-18(13(2)3)8-15-9-21(26-7-6-25-4)17(22)10-16(15)19(23)11-20(14)24/h9-13,18H,1,5-8H2,2-4H3. The summed E-state index contributed by atoms with van der Waals surface area (Å²) >= 11 is 6.44. The molecule has 4 nitrogen and oxygen atoms in total. The second kappa shape index (κ2) is 7.85. The van der Waals surface area contributed by atoms with E-state index in [1.807, 2.05) is 18.3 Å². The molecule has 0 bridgehead atoms. The van der Waals surface area contributed by atoms with Gasteiger partial charge in [0.25, 0.3) is 0 Å². The zero-order chi connectivity index (χ0) is 18.8. The van der Waals surface area contributed by atoms with E-state index in [1.54, 1.807) is 13.2 Å². The maximum absolute atomic E-state index is 12.4. The minimum atomic E-state index is 0.0261. The lowest BCUT2D eigenvalue weighted by molar-refractivity contribution is 0.146. The molecular weight excluding hydrogens is 350 g/mol. The predicted octanol–water partition coefficient (Wildman–Crippen LogP) is 4.32. The number of nitrogens with zero attached hydrogens (tertiary/aromatic N) is 1. The van der Waals surface area contributed by atoms with Crippen molar-refractivity contribution in [2.45, 2.75) is 32.7 Å². The summed E-state index contributed by atoms with van der Waals surface area (Å²) < 4.78 is 13.0. The van der Waals surface area contributed by atoms with Gasteiger partial charge in [-0.05, 0) is 43.4 Å². The number of halogens is 1. The Morgan fingerprint density at radius 2 is 2.08 bits per heavy atom. The minimum Gasteiger partial charge on any atom is -0.490 e. The second-order valence-electron chi connectivity index (χ2n) is 7.00. The highest BCUT2D eigenvalue weighted by molar-refractivity contribution is 6.32. The van der Waals surface area contributed by atoms with E-state index in [2.05, 4.69) is 25.3 Å². The van der Waals surface area contributed by atoms with Crippen LogP contribution in [0.15, 0.2) is 29.2 Å². The van der Waals surface area contributed by atoms with Crippen LogP contribution in [-0.4, -0.2) is 24.9 Å². The normalized spacial score (nSPS) is 15.7. The van der Waals surface area contributed by atoms with Gasteiger partial charge in [-0.1, -0.05) is 25.4 Å². The molecule has 1 unspecified atom stereocenters. The Morgan fingerprint density at radius 1 is 1.31 bits per heavy atom. The number of fused-ring (bicyclic) bond motifs is 3. The monoisotopic (exact) mass is 374 g/mol. The third-order valence-electron chi connectivity index (χ3n) is 4.96. The fourth-order valence-corrected chi connectivity index (χ4v) is 3.72. The Bertz CT molecular complexity index is 857. The van der Waals surface area contributed by atoms with Crippen LogP contribution in [0.4, 0.5) is 0 Å².